The van der Waals surface area contributed by atoms with Crippen molar-refractivity contribution in [2.24, 2.45) is 5.92 Å². The number of pyridine rings is 1. The minimum Gasteiger partial charge on any atom is -0.341 e. The first-order chi connectivity index (χ1) is 15.6. The van der Waals surface area contributed by atoms with Crippen LogP contribution in [0.1, 0.15) is 18.1 Å². The van der Waals surface area contributed by atoms with Gasteiger partial charge in [0.15, 0.2) is 0 Å². The van der Waals surface area contributed by atoms with Crippen LogP contribution < -0.4 is 0 Å². The van der Waals surface area contributed by atoms with Crippen molar-refractivity contribution in [3.8, 4) is 11.1 Å². The minimum atomic E-state index is -0.249. The maximum Gasteiger partial charge on any atom is 0.227 e. The summed E-state index contributed by atoms with van der Waals surface area (Å²) in [5.74, 6) is -0.0355. The number of nitrogens with zero attached hydrogens (tertiary/aromatic N) is 3. The van der Waals surface area contributed by atoms with Gasteiger partial charge in [-0.2, -0.15) is 0 Å². The van der Waals surface area contributed by atoms with Crippen molar-refractivity contribution in [1.29, 1.82) is 0 Å². The number of carbonyl (C=O) groups excluding carboxylic acids is 2. The topological polar surface area (TPSA) is 53.5 Å². The van der Waals surface area contributed by atoms with Gasteiger partial charge in [0.1, 0.15) is 0 Å². The quantitative estimate of drug-likeness (QED) is 0.601. The molecule has 1 atom stereocenters. The lowest BCUT2D eigenvalue weighted by Gasteiger charge is -2.24. The third-order valence-corrected chi connectivity index (χ3v) is 6.08. The number of amides is 2. The van der Waals surface area contributed by atoms with E-state index in [1.807, 2.05) is 71.5 Å². The van der Waals surface area contributed by atoms with E-state index < -0.39 is 0 Å². The second kappa shape index (κ2) is 10.2. The molecular formula is C27H29N3O2. The maximum absolute atomic E-state index is 13.2. The first-order valence-electron chi connectivity index (χ1n) is 11.2. The van der Waals surface area contributed by atoms with E-state index in [2.05, 4.69) is 23.2 Å². The summed E-state index contributed by atoms with van der Waals surface area (Å²) in [6.07, 6.45) is 4.58. The molecule has 0 radical (unpaired) electrons. The van der Waals surface area contributed by atoms with Gasteiger partial charge >= 0.3 is 0 Å². The van der Waals surface area contributed by atoms with E-state index in [1.165, 1.54) is 0 Å². The Kier molecular flexibility index (Phi) is 6.95. The van der Waals surface area contributed by atoms with E-state index in [4.69, 9.17) is 0 Å². The highest BCUT2D eigenvalue weighted by Gasteiger charge is 2.31. The SMILES string of the molecule is CCN1CCN(C(=O)Cc2ccccc2)CC(Cc2cccc(-c3cccnc3)c2)C1=O. The summed E-state index contributed by atoms with van der Waals surface area (Å²) in [6, 6.07) is 22.0. The Hall–Kier alpha value is -3.47. The van der Waals surface area contributed by atoms with Gasteiger partial charge in [0.25, 0.3) is 0 Å². The van der Waals surface area contributed by atoms with Crippen molar-refractivity contribution in [1.82, 2.24) is 14.8 Å². The zero-order valence-corrected chi connectivity index (χ0v) is 18.5. The number of benzene rings is 2. The van der Waals surface area contributed by atoms with Gasteiger partial charge in [0.2, 0.25) is 11.8 Å². The molecule has 1 fully saturated rings. The van der Waals surface area contributed by atoms with Crippen LogP contribution in [0.3, 0.4) is 0 Å². The number of carbonyl (C=O) groups is 2. The molecule has 1 aliphatic rings. The highest BCUT2D eigenvalue weighted by atomic mass is 16.2. The first kappa shape index (κ1) is 21.8. The molecule has 5 heteroatoms. The number of hydrogen-bond donors (Lipinski definition) is 0. The van der Waals surface area contributed by atoms with Crippen LogP contribution in [-0.2, 0) is 22.4 Å². The van der Waals surface area contributed by atoms with Crippen LogP contribution in [-0.4, -0.2) is 52.8 Å². The summed E-state index contributed by atoms with van der Waals surface area (Å²) in [5, 5.41) is 0. The van der Waals surface area contributed by atoms with Crippen molar-refractivity contribution < 1.29 is 9.59 Å². The molecule has 164 valence electrons. The molecule has 0 saturated carbocycles. The first-order valence-corrected chi connectivity index (χ1v) is 11.2. The number of aromatic nitrogens is 1. The summed E-state index contributed by atoms with van der Waals surface area (Å²) in [7, 11) is 0. The largest absolute Gasteiger partial charge is 0.341 e. The summed E-state index contributed by atoms with van der Waals surface area (Å²) in [5.41, 5.74) is 4.23. The predicted molar refractivity (Wildman–Crippen MR) is 126 cm³/mol. The van der Waals surface area contributed by atoms with Crippen LogP contribution in [0.4, 0.5) is 0 Å². The molecule has 0 bridgehead atoms. The van der Waals surface area contributed by atoms with Gasteiger partial charge in [-0.1, -0.05) is 60.7 Å². The second-order valence-electron chi connectivity index (χ2n) is 8.26. The Morgan fingerprint density at radius 1 is 0.969 bits per heavy atom. The lowest BCUT2D eigenvalue weighted by molar-refractivity contribution is -0.134. The van der Waals surface area contributed by atoms with Gasteiger partial charge in [0.05, 0.1) is 12.3 Å². The van der Waals surface area contributed by atoms with Crippen LogP contribution in [0.25, 0.3) is 11.1 Å². The Morgan fingerprint density at radius 2 is 1.75 bits per heavy atom. The van der Waals surface area contributed by atoms with Crippen molar-refractivity contribution in [3.63, 3.8) is 0 Å². The van der Waals surface area contributed by atoms with Crippen LogP contribution in [0, 0.1) is 5.92 Å². The smallest absolute Gasteiger partial charge is 0.227 e. The van der Waals surface area contributed by atoms with Crippen LogP contribution >= 0.6 is 0 Å². The molecule has 1 unspecified atom stereocenters. The fourth-order valence-electron chi connectivity index (χ4n) is 4.32. The van der Waals surface area contributed by atoms with Crippen molar-refractivity contribution >= 4 is 11.8 Å². The van der Waals surface area contributed by atoms with Crippen molar-refractivity contribution in [2.45, 2.75) is 19.8 Å². The monoisotopic (exact) mass is 427 g/mol. The Bertz CT molecular complexity index is 1050. The van der Waals surface area contributed by atoms with Gasteiger partial charge in [-0.05, 0) is 41.7 Å². The van der Waals surface area contributed by atoms with E-state index in [9.17, 15) is 9.59 Å². The molecule has 3 aromatic rings. The molecule has 0 aliphatic carbocycles. The molecule has 2 aromatic carbocycles. The van der Waals surface area contributed by atoms with Gasteiger partial charge in [-0.3, -0.25) is 14.6 Å². The van der Waals surface area contributed by atoms with Gasteiger partial charge in [-0.25, -0.2) is 0 Å². The molecule has 0 spiro atoms. The van der Waals surface area contributed by atoms with Crippen LogP contribution in [0.2, 0.25) is 0 Å². The Morgan fingerprint density at radius 3 is 2.50 bits per heavy atom. The van der Waals surface area contributed by atoms with E-state index in [-0.39, 0.29) is 17.7 Å². The van der Waals surface area contributed by atoms with Crippen molar-refractivity contribution in [3.05, 3.63) is 90.3 Å². The molecule has 4 rings (SSSR count). The molecule has 1 aliphatic heterocycles. The molecule has 5 nitrogen and oxygen atoms in total. The van der Waals surface area contributed by atoms with Gasteiger partial charge < -0.3 is 9.80 Å². The molecule has 2 heterocycles. The Labute approximate surface area is 189 Å². The average molecular weight is 428 g/mol. The predicted octanol–water partition coefficient (Wildman–Crippen LogP) is 3.84. The van der Waals surface area contributed by atoms with E-state index >= 15 is 0 Å². The van der Waals surface area contributed by atoms with E-state index in [0.29, 0.717) is 39.0 Å². The van der Waals surface area contributed by atoms with Crippen LogP contribution in [0.15, 0.2) is 79.1 Å². The average Bonchev–Trinajstić information content (AvgIpc) is 2.99. The summed E-state index contributed by atoms with van der Waals surface area (Å²) < 4.78 is 0. The summed E-state index contributed by atoms with van der Waals surface area (Å²) in [4.78, 5) is 34.3. The number of likely N-dealkylation sites (N-methyl/N-ethyl adjacent to an activating group) is 1. The molecule has 32 heavy (non-hydrogen) atoms. The zero-order valence-electron chi connectivity index (χ0n) is 18.5. The highest BCUT2D eigenvalue weighted by molar-refractivity contribution is 5.83. The van der Waals surface area contributed by atoms with Crippen molar-refractivity contribution in [2.75, 3.05) is 26.2 Å². The molecule has 1 saturated heterocycles. The minimum absolute atomic E-state index is 0.0797. The molecular weight excluding hydrogens is 398 g/mol. The third-order valence-electron chi connectivity index (χ3n) is 6.08. The summed E-state index contributed by atoms with van der Waals surface area (Å²) >= 11 is 0. The maximum atomic E-state index is 13.2. The fourth-order valence-corrected chi connectivity index (χ4v) is 4.32. The zero-order chi connectivity index (χ0) is 22.3. The van der Waals surface area contributed by atoms with E-state index in [0.717, 1.165) is 22.3 Å². The second-order valence-corrected chi connectivity index (χ2v) is 8.26. The van der Waals surface area contributed by atoms with Gasteiger partial charge in [0, 0.05) is 38.6 Å². The normalized spacial score (nSPS) is 16.7. The molecule has 1 aromatic heterocycles. The fraction of sp³-hybridized carbons (Fsp3) is 0.296. The lowest BCUT2D eigenvalue weighted by Crippen LogP contribution is -2.38. The lowest BCUT2D eigenvalue weighted by atomic mass is 9.95. The Balaban J connectivity index is 1.53. The van der Waals surface area contributed by atoms with E-state index in [1.54, 1.807) is 6.20 Å². The van der Waals surface area contributed by atoms with Gasteiger partial charge in [-0.15, -0.1) is 0 Å². The number of rotatable bonds is 6. The number of hydrogen-bond acceptors (Lipinski definition) is 3. The molecule has 0 N–H and O–H groups in total. The summed E-state index contributed by atoms with van der Waals surface area (Å²) in [6.45, 7) is 4.28. The highest BCUT2D eigenvalue weighted by Crippen LogP contribution is 2.23. The molecule has 2 amide bonds. The standard InChI is InChI=1S/C27H29N3O2/c1-2-29-14-15-30(26(31)18-21-8-4-3-5-9-21)20-25(27(29)32)17-22-10-6-11-23(16-22)24-12-7-13-28-19-24/h3-13,16,19,25H,2,14-15,17-18,20H2,1H3. The third kappa shape index (κ3) is 5.22. The van der Waals surface area contributed by atoms with Crippen LogP contribution in [0.5, 0.6) is 0 Å².